The normalized spacial score (nSPS) is 19.8. The van der Waals surface area contributed by atoms with Gasteiger partial charge in [-0.3, -0.25) is 0 Å². The Balaban J connectivity index is 0.00000180. The van der Waals surface area contributed by atoms with E-state index in [2.05, 4.69) is 10.0 Å². The summed E-state index contributed by atoms with van der Waals surface area (Å²) in [6.07, 6.45) is 1.80. The highest BCUT2D eigenvalue weighted by Gasteiger charge is 2.22. The molecule has 0 bridgehead atoms. The largest absolute Gasteiger partial charge is 0.315 e. The third kappa shape index (κ3) is 4.77. The van der Waals surface area contributed by atoms with Gasteiger partial charge in [0, 0.05) is 22.6 Å². The first-order valence-corrected chi connectivity index (χ1v) is 7.90. The summed E-state index contributed by atoms with van der Waals surface area (Å²) in [7, 11) is -3.56. The Bertz CT molecular complexity index is 510. The van der Waals surface area contributed by atoms with Gasteiger partial charge in [0.1, 0.15) is 0 Å². The number of benzene rings is 1. The summed E-state index contributed by atoms with van der Waals surface area (Å²) >= 11 is 11.6. The molecule has 1 aliphatic rings. The van der Waals surface area contributed by atoms with Crippen molar-refractivity contribution in [1.29, 1.82) is 0 Å². The second-order valence-electron chi connectivity index (χ2n) is 4.27. The Hall–Kier alpha value is -0.0400. The van der Waals surface area contributed by atoms with Gasteiger partial charge in [0.2, 0.25) is 10.0 Å². The van der Waals surface area contributed by atoms with Crippen LogP contribution in [0.1, 0.15) is 12.8 Å². The molecule has 1 aliphatic heterocycles. The second-order valence-corrected chi connectivity index (χ2v) is 6.86. The van der Waals surface area contributed by atoms with E-state index in [0.29, 0.717) is 16.6 Å². The summed E-state index contributed by atoms with van der Waals surface area (Å²) in [5.41, 5.74) is 0. The van der Waals surface area contributed by atoms with Crippen molar-refractivity contribution < 1.29 is 8.42 Å². The number of rotatable bonds is 3. The highest BCUT2D eigenvalue weighted by atomic mass is 35.5. The van der Waals surface area contributed by atoms with E-state index in [1.54, 1.807) is 0 Å². The maximum atomic E-state index is 12.1. The highest BCUT2D eigenvalue weighted by molar-refractivity contribution is 7.89. The molecule has 0 aliphatic carbocycles. The van der Waals surface area contributed by atoms with E-state index in [4.69, 9.17) is 23.2 Å². The zero-order valence-corrected chi connectivity index (χ0v) is 13.2. The third-order valence-electron chi connectivity index (χ3n) is 2.77. The average molecular weight is 346 g/mol. The van der Waals surface area contributed by atoms with E-state index in [1.807, 2.05) is 0 Å². The summed E-state index contributed by atoms with van der Waals surface area (Å²) < 4.78 is 27.0. The molecule has 2 N–H and O–H groups in total. The quantitative estimate of drug-likeness (QED) is 0.884. The smallest absolute Gasteiger partial charge is 0.240 e. The zero-order valence-electron chi connectivity index (χ0n) is 10.0. The van der Waals surface area contributed by atoms with Crippen LogP contribution in [-0.4, -0.2) is 27.5 Å². The van der Waals surface area contributed by atoms with Crippen molar-refractivity contribution in [1.82, 2.24) is 10.0 Å². The lowest BCUT2D eigenvalue weighted by atomic mass is 10.1. The minimum Gasteiger partial charge on any atom is -0.315 e. The van der Waals surface area contributed by atoms with Crippen LogP contribution in [-0.2, 0) is 10.0 Å². The van der Waals surface area contributed by atoms with Gasteiger partial charge in [-0.2, -0.15) is 0 Å². The summed E-state index contributed by atoms with van der Waals surface area (Å²) in [5.74, 6) is 0. The molecule has 1 aromatic carbocycles. The highest BCUT2D eigenvalue weighted by Crippen LogP contribution is 2.22. The molecule has 19 heavy (non-hydrogen) atoms. The van der Waals surface area contributed by atoms with Gasteiger partial charge >= 0.3 is 0 Å². The molecule has 1 saturated heterocycles. The lowest BCUT2D eigenvalue weighted by molar-refractivity contribution is 0.428. The molecule has 0 aromatic heterocycles. The third-order valence-corrected chi connectivity index (χ3v) is 4.70. The topological polar surface area (TPSA) is 58.2 Å². The van der Waals surface area contributed by atoms with Crippen LogP contribution in [0.25, 0.3) is 0 Å². The number of piperidine rings is 1. The second kappa shape index (κ2) is 7.11. The van der Waals surface area contributed by atoms with E-state index in [0.717, 1.165) is 19.4 Å². The number of hydrogen-bond acceptors (Lipinski definition) is 3. The predicted octanol–water partition coefficient (Wildman–Crippen LogP) is 2.45. The van der Waals surface area contributed by atoms with Gasteiger partial charge in [-0.25, -0.2) is 13.1 Å². The number of sulfonamides is 1. The molecule has 1 atom stereocenters. The van der Waals surface area contributed by atoms with Crippen LogP contribution in [0.15, 0.2) is 23.1 Å². The van der Waals surface area contributed by atoms with Gasteiger partial charge in [0.25, 0.3) is 0 Å². The molecule has 108 valence electrons. The first-order chi connectivity index (χ1) is 8.47. The molecule has 1 fully saturated rings. The van der Waals surface area contributed by atoms with Crippen LogP contribution >= 0.6 is 35.6 Å². The van der Waals surface area contributed by atoms with Crippen molar-refractivity contribution >= 4 is 45.6 Å². The fraction of sp³-hybridized carbons (Fsp3) is 0.455. The van der Waals surface area contributed by atoms with E-state index in [9.17, 15) is 8.42 Å². The molecule has 2 rings (SSSR count). The summed E-state index contributed by atoms with van der Waals surface area (Å²) in [6, 6.07) is 4.21. The predicted molar refractivity (Wildman–Crippen MR) is 79.9 cm³/mol. The molecule has 0 radical (unpaired) electrons. The van der Waals surface area contributed by atoms with Gasteiger partial charge in [-0.05, 0) is 37.6 Å². The molecule has 0 saturated carbocycles. The van der Waals surface area contributed by atoms with Crippen molar-refractivity contribution in [3.05, 3.63) is 28.2 Å². The number of halogens is 3. The Morgan fingerprint density at radius 2 is 1.84 bits per heavy atom. The van der Waals surface area contributed by atoms with Crippen LogP contribution in [0.3, 0.4) is 0 Å². The maximum absolute atomic E-state index is 12.1. The van der Waals surface area contributed by atoms with Crippen LogP contribution < -0.4 is 10.0 Å². The minimum atomic E-state index is -3.56. The molecule has 0 spiro atoms. The molecule has 1 aromatic rings. The van der Waals surface area contributed by atoms with Crippen molar-refractivity contribution in [3.63, 3.8) is 0 Å². The SMILES string of the molecule is Cl.O=S(=O)(N[C@H]1CCCNC1)c1cc(Cl)cc(Cl)c1. The average Bonchev–Trinajstić information content (AvgIpc) is 2.28. The van der Waals surface area contributed by atoms with Crippen LogP contribution in [0.4, 0.5) is 0 Å². The van der Waals surface area contributed by atoms with Crippen molar-refractivity contribution in [2.45, 2.75) is 23.8 Å². The Morgan fingerprint density at radius 3 is 2.37 bits per heavy atom. The minimum absolute atomic E-state index is 0. The maximum Gasteiger partial charge on any atom is 0.240 e. The van der Waals surface area contributed by atoms with Gasteiger partial charge in [-0.1, -0.05) is 23.2 Å². The van der Waals surface area contributed by atoms with E-state index in [-0.39, 0.29) is 23.3 Å². The number of nitrogens with one attached hydrogen (secondary N) is 2. The Kier molecular flexibility index (Phi) is 6.36. The van der Waals surface area contributed by atoms with Crippen LogP contribution in [0, 0.1) is 0 Å². The van der Waals surface area contributed by atoms with Crippen molar-refractivity contribution in [2.75, 3.05) is 13.1 Å². The standard InChI is InChI=1S/C11H14Cl2N2O2S.ClH/c12-8-4-9(13)6-11(5-8)18(16,17)15-10-2-1-3-14-7-10;/h4-6,10,14-15H,1-3,7H2;1H/t10-;/m0./s1. The molecule has 1 heterocycles. The molecule has 8 heteroatoms. The summed E-state index contributed by atoms with van der Waals surface area (Å²) in [4.78, 5) is 0.102. The van der Waals surface area contributed by atoms with Crippen molar-refractivity contribution in [2.24, 2.45) is 0 Å². The zero-order chi connectivity index (χ0) is 13.2. The molecular formula is C11H15Cl3N2O2S. The van der Waals surface area contributed by atoms with Gasteiger partial charge in [-0.15, -0.1) is 12.4 Å². The van der Waals surface area contributed by atoms with Gasteiger partial charge < -0.3 is 5.32 Å². The Labute approximate surface area is 129 Å². The molecule has 0 amide bonds. The van der Waals surface area contributed by atoms with Crippen LogP contribution in [0.5, 0.6) is 0 Å². The fourth-order valence-corrected chi connectivity index (χ4v) is 3.92. The molecule has 0 unspecified atom stereocenters. The fourth-order valence-electron chi connectivity index (χ4n) is 1.92. The number of hydrogen-bond donors (Lipinski definition) is 2. The monoisotopic (exact) mass is 344 g/mol. The van der Waals surface area contributed by atoms with E-state index in [1.165, 1.54) is 18.2 Å². The van der Waals surface area contributed by atoms with Gasteiger partial charge in [0.05, 0.1) is 4.90 Å². The lowest BCUT2D eigenvalue weighted by Gasteiger charge is -2.23. The first kappa shape index (κ1) is 17.0. The lowest BCUT2D eigenvalue weighted by Crippen LogP contribution is -2.45. The van der Waals surface area contributed by atoms with Crippen LogP contribution in [0.2, 0.25) is 10.0 Å². The first-order valence-electron chi connectivity index (χ1n) is 5.66. The summed E-state index contributed by atoms with van der Waals surface area (Å²) in [5, 5.41) is 3.77. The van der Waals surface area contributed by atoms with Crippen molar-refractivity contribution in [3.8, 4) is 0 Å². The molecular weight excluding hydrogens is 331 g/mol. The van der Waals surface area contributed by atoms with E-state index < -0.39 is 10.0 Å². The molecule has 4 nitrogen and oxygen atoms in total. The Morgan fingerprint density at radius 1 is 1.21 bits per heavy atom. The van der Waals surface area contributed by atoms with E-state index >= 15 is 0 Å². The summed E-state index contributed by atoms with van der Waals surface area (Å²) in [6.45, 7) is 1.58. The van der Waals surface area contributed by atoms with Gasteiger partial charge in [0.15, 0.2) is 0 Å².